The maximum Gasteiger partial charge on any atom is 0.306 e. The molecular weight excluding hydrogens is 264 g/mol. The molecule has 0 N–H and O–H groups in total. The SMILES string of the molecule is COC(=O)CC(C)S(=O)CCS(=O)(=O)C(C)C. The van der Waals surface area contributed by atoms with Crippen molar-refractivity contribution in [1.82, 2.24) is 0 Å². The number of carbonyl (C=O) groups excluding carboxylic acids is 1. The highest BCUT2D eigenvalue weighted by molar-refractivity contribution is 7.93. The summed E-state index contributed by atoms with van der Waals surface area (Å²) >= 11 is 0. The molecule has 0 heterocycles. The zero-order valence-electron chi connectivity index (χ0n) is 10.6. The first kappa shape index (κ1) is 16.6. The number of carbonyl (C=O) groups is 1. The summed E-state index contributed by atoms with van der Waals surface area (Å²) in [5, 5.41) is -0.847. The third-order valence-electron chi connectivity index (χ3n) is 2.42. The van der Waals surface area contributed by atoms with Crippen molar-refractivity contribution in [1.29, 1.82) is 0 Å². The Morgan fingerprint density at radius 3 is 2.24 bits per heavy atom. The third-order valence-corrected chi connectivity index (χ3v) is 6.56. The number of ether oxygens (including phenoxy) is 1. The number of hydrogen-bond donors (Lipinski definition) is 0. The molecule has 0 amide bonds. The van der Waals surface area contributed by atoms with Crippen LogP contribution in [0, 0.1) is 0 Å². The van der Waals surface area contributed by atoms with Gasteiger partial charge in [0.25, 0.3) is 0 Å². The fourth-order valence-electron chi connectivity index (χ4n) is 1.05. The fourth-order valence-corrected chi connectivity index (χ4v) is 3.83. The van der Waals surface area contributed by atoms with E-state index in [0.717, 1.165) is 0 Å². The Bertz CT molecular complexity index is 372. The summed E-state index contributed by atoms with van der Waals surface area (Å²) in [6, 6.07) is 0. The minimum Gasteiger partial charge on any atom is -0.469 e. The van der Waals surface area contributed by atoms with Crippen molar-refractivity contribution in [3.8, 4) is 0 Å². The van der Waals surface area contributed by atoms with E-state index in [1.165, 1.54) is 7.11 Å². The largest absolute Gasteiger partial charge is 0.469 e. The Hall–Kier alpha value is -0.430. The Kier molecular flexibility index (Phi) is 6.92. The van der Waals surface area contributed by atoms with Crippen LogP contribution in [0.1, 0.15) is 27.2 Å². The van der Waals surface area contributed by atoms with E-state index in [1.807, 2.05) is 0 Å². The first-order valence-corrected chi connectivity index (χ1v) is 8.46. The molecule has 0 spiro atoms. The summed E-state index contributed by atoms with van der Waals surface area (Å²) < 4.78 is 39.2. The van der Waals surface area contributed by atoms with Crippen LogP contribution >= 0.6 is 0 Å². The van der Waals surface area contributed by atoms with Gasteiger partial charge in [-0.25, -0.2) is 8.42 Å². The van der Waals surface area contributed by atoms with Crippen molar-refractivity contribution in [3.05, 3.63) is 0 Å². The highest BCUT2D eigenvalue weighted by Crippen LogP contribution is 2.06. The smallest absolute Gasteiger partial charge is 0.306 e. The molecule has 2 atom stereocenters. The monoisotopic (exact) mass is 284 g/mol. The molecule has 0 saturated heterocycles. The molecule has 0 aliphatic rings. The van der Waals surface area contributed by atoms with Crippen molar-refractivity contribution in [3.63, 3.8) is 0 Å². The number of esters is 1. The van der Waals surface area contributed by atoms with E-state index in [4.69, 9.17) is 0 Å². The molecule has 17 heavy (non-hydrogen) atoms. The van der Waals surface area contributed by atoms with Crippen molar-refractivity contribution in [2.45, 2.75) is 37.7 Å². The van der Waals surface area contributed by atoms with Crippen LogP contribution in [-0.2, 0) is 30.2 Å². The van der Waals surface area contributed by atoms with Crippen LogP contribution in [0.2, 0.25) is 0 Å². The number of methoxy groups -OCH3 is 1. The number of hydrogen-bond acceptors (Lipinski definition) is 5. The average Bonchev–Trinajstić information content (AvgIpc) is 2.25. The lowest BCUT2D eigenvalue weighted by atomic mass is 10.3. The normalized spacial score (nSPS) is 15.6. The zero-order valence-corrected chi connectivity index (χ0v) is 12.3. The van der Waals surface area contributed by atoms with Crippen molar-refractivity contribution in [2.75, 3.05) is 18.6 Å². The molecule has 5 nitrogen and oxygen atoms in total. The van der Waals surface area contributed by atoms with Gasteiger partial charge in [-0.2, -0.15) is 0 Å². The van der Waals surface area contributed by atoms with Gasteiger partial charge in [-0.1, -0.05) is 6.92 Å². The van der Waals surface area contributed by atoms with Crippen molar-refractivity contribution >= 4 is 26.6 Å². The molecular formula is C10H20O5S2. The molecule has 102 valence electrons. The molecule has 0 aromatic heterocycles. The minimum atomic E-state index is -3.17. The summed E-state index contributed by atoms with van der Waals surface area (Å²) in [7, 11) is -3.23. The molecule has 0 saturated carbocycles. The van der Waals surface area contributed by atoms with Gasteiger partial charge in [-0.15, -0.1) is 0 Å². The molecule has 2 unspecified atom stereocenters. The van der Waals surface area contributed by atoms with Gasteiger partial charge < -0.3 is 4.74 Å². The van der Waals surface area contributed by atoms with E-state index >= 15 is 0 Å². The van der Waals surface area contributed by atoms with E-state index in [9.17, 15) is 17.4 Å². The average molecular weight is 284 g/mol. The van der Waals surface area contributed by atoms with Crippen LogP contribution in [0.15, 0.2) is 0 Å². The summed E-state index contributed by atoms with van der Waals surface area (Å²) in [6.45, 7) is 4.83. The van der Waals surface area contributed by atoms with Gasteiger partial charge in [-0.05, 0) is 13.8 Å². The van der Waals surface area contributed by atoms with Gasteiger partial charge in [0.05, 0.1) is 24.5 Å². The molecule has 0 aromatic carbocycles. The van der Waals surface area contributed by atoms with Gasteiger partial charge in [0.2, 0.25) is 0 Å². The molecule has 7 heteroatoms. The summed E-state index contributed by atoms with van der Waals surface area (Å²) in [5.41, 5.74) is 0. The van der Waals surface area contributed by atoms with Gasteiger partial charge in [-0.3, -0.25) is 9.00 Å². The summed E-state index contributed by atoms with van der Waals surface area (Å²) in [6.07, 6.45) is 0.0465. The lowest BCUT2D eigenvalue weighted by Crippen LogP contribution is -2.26. The van der Waals surface area contributed by atoms with Crippen LogP contribution in [-0.4, -0.2) is 47.7 Å². The molecule has 0 rings (SSSR count). The molecule has 0 aromatic rings. The predicted octanol–water partition coefficient (Wildman–Crippen LogP) is 0.510. The minimum absolute atomic E-state index is 0.0465. The van der Waals surface area contributed by atoms with Crippen molar-refractivity contribution in [2.24, 2.45) is 0 Å². The Morgan fingerprint density at radius 1 is 1.29 bits per heavy atom. The van der Waals surface area contributed by atoms with Gasteiger partial charge in [0, 0.05) is 21.8 Å². The van der Waals surface area contributed by atoms with E-state index in [2.05, 4.69) is 4.74 Å². The molecule has 0 radical (unpaired) electrons. The first-order valence-electron chi connectivity index (χ1n) is 5.36. The number of rotatable bonds is 7. The quantitative estimate of drug-likeness (QED) is 0.637. The zero-order chi connectivity index (χ0) is 13.6. The van der Waals surface area contributed by atoms with Gasteiger partial charge in [0.15, 0.2) is 9.84 Å². The topological polar surface area (TPSA) is 77.5 Å². The Balaban J connectivity index is 4.24. The lowest BCUT2D eigenvalue weighted by Gasteiger charge is -2.11. The molecule has 0 bridgehead atoms. The van der Waals surface area contributed by atoms with E-state index < -0.39 is 31.9 Å². The maximum absolute atomic E-state index is 11.7. The van der Waals surface area contributed by atoms with Gasteiger partial charge >= 0.3 is 5.97 Å². The number of sulfone groups is 1. The Morgan fingerprint density at radius 2 is 1.82 bits per heavy atom. The van der Waals surface area contributed by atoms with Crippen LogP contribution in [0.4, 0.5) is 0 Å². The second-order valence-corrected chi connectivity index (χ2v) is 8.74. The highest BCUT2D eigenvalue weighted by atomic mass is 32.2. The highest BCUT2D eigenvalue weighted by Gasteiger charge is 2.21. The second-order valence-electron chi connectivity index (χ2n) is 4.09. The molecule has 0 aliphatic carbocycles. The van der Waals surface area contributed by atoms with Crippen LogP contribution in [0.25, 0.3) is 0 Å². The van der Waals surface area contributed by atoms with E-state index in [1.54, 1.807) is 20.8 Å². The maximum atomic E-state index is 11.7. The first-order chi connectivity index (χ1) is 7.70. The van der Waals surface area contributed by atoms with Crippen LogP contribution in [0.3, 0.4) is 0 Å². The van der Waals surface area contributed by atoms with Gasteiger partial charge in [0.1, 0.15) is 0 Å². The second kappa shape index (κ2) is 7.10. The predicted molar refractivity (Wildman–Crippen MR) is 68.0 cm³/mol. The van der Waals surface area contributed by atoms with Crippen molar-refractivity contribution < 1.29 is 22.2 Å². The van der Waals surface area contributed by atoms with Crippen LogP contribution < -0.4 is 0 Å². The molecule has 0 fully saturated rings. The fraction of sp³-hybridized carbons (Fsp3) is 0.900. The Labute approximate surface area is 105 Å². The third kappa shape index (κ3) is 6.16. The molecule has 0 aliphatic heterocycles. The lowest BCUT2D eigenvalue weighted by molar-refractivity contribution is -0.140. The van der Waals surface area contributed by atoms with E-state index in [-0.39, 0.29) is 23.2 Å². The van der Waals surface area contributed by atoms with Crippen LogP contribution in [0.5, 0.6) is 0 Å². The summed E-state index contributed by atoms with van der Waals surface area (Å²) in [4.78, 5) is 11.0. The van der Waals surface area contributed by atoms with E-state index in [0.29, 0.717) is 0 Å². The summed E-state index contributed by atoms with van der Waals surface area (Å²) in [5.74, 6) is -0.473. The standard InChI is InChI=1S/C10H20O5S2/c1-8(2)17(13,14)6-5-16(12)9(3)7-10(11)15-4/h8-9H,5-7H2,1-4H3.